The molecule has 0 spiro atoms. The van der Waals surface area contributed by atoms with E-state index in [9.17, 15) is 27.9 Å². The Morgan fingerprint density at radius 1 is 0.804 bits per heavy atom. The van der Waals surface area contributed by atoms with Crippen LogP contribution < -0.4 is 15.8 Å². The molecular weight excluding hydrogens is 595 g/mol. The van der Waals surface area contributed by atoms with Crippen LogP contribution in [0.3, 0.4) is 0 Å². The maximum atomic E-state index is 12.8. The minimum absolute atomic E-state index is 0.262. The van der Waals surface area contributed by atoms with E-state index in [1.54, 1.807) is 66.9 Å². The number of pyridine rings is 1. The number of benzene rings is 5. The molecule has 4 N–H and O–H groups in total. The van der Waals surface area contributed by atoms with E-state index in [1.807, 2.05) is 36.4 Å². The van der Waals surface area contributed by atoms with Gasteiger partial charge in [0.05, 0.1) is 23.9 Å². The van der Waals surface area contributed by atoms with Crippen molar-refractivity contribution >= 4 is 33.4 Å². The number of carbonyl (C=O) groups excluding carboxylic acids is 2. The number of fused-ring (bicyclic) bond motifs is 2. The highest BCUT2D eigenvalue weighted by Crippen LogP contribution is 2.34. The minimum Gasteiger partial charge on any atom is -0.457 e. The third-order valence-electron chi connectivity index (χ3n) is 7.10. The first kappa shape index (κ1) is 31.7. The van der Waals surface area contributed by atoms with Crippen molar-refractivity contribution in [3.05, 3.63) is 150 Å². The molecule has 1 unspecified atom stereocenters. The third-order valence-corrected chi connectivity index (χ3v) is 7.10. The average molecular weight is 624 g/mol. The van der Waals surface area contributed by atoms with Gasteiger partial charge in [0.2, 0.25) is 5.91 Å². The van der Waals surface area contributed by atoms with Crippen LogP contribution in [-0.4, -0.2) is 28.5 Å². The van der Waals surface area contributed by atoms with E-state index in [2.05, 4.69) is 10.3 Å². The monoisotopic (exact) mass is 623 g/mol. The van der Waals surface area contributed by atoms with Crippen LogP contribution in [0.2, 0.25) is 0 Å². The lowest BCUT2D eigenvalue weighted by Crippen LogP contribution is -2.31. The largest absolute Gasteiger partial charge is 0.457 e. The number of hydrogen-bond donors (Lipinski definition) is 3. The first-order valence-electron chi connectivity index (χ1n) is 14.1. The number of amides is 2. The number of nitrogens with zero attached hydrogens (tertiary/aromatic N) is 1. The quantitative estimate of drug-likeness (QED) is 0.171. The van der Waals surface area contributed by atoms with E-state index >= 15 is 0 Å². The fraction of sp³-hybridized carbons (Fsp3) is 0.0833. The summed E-state index contributed by atoms with van der Waals surface area (Å²) in [7, 11) is 0. The number of aromatic nitrogens is 1. The molecule has 0 aliphatic rings. The summed E-state index contributed by atoms with van der Waals surface area (Å²) >= 11 is 0. The zero-order valence-corrected chi connectivity index (χ0v) is 24.2. The number of carbonyl (C=O) groups is 2. The highest BCUT2D eigenvalue weighted by Gasteiger charge is 2.30. The van der Waals surface area contributed by atoms with E-state index in [0.717, 1.165) is 22.9 Å². The molecule has 0 aliphatic heterocycles. The lowest BCUT2D eigenvalue weighted by molar-refractivity contribution is -0.137. The maximum absolute atomic E-state index is 12.8. The Kier molecular flexibility index (Phi) is 9.58. The van der Waals surface area contributed by atoms with E-state index in [-0.39, 0.29) is 24.2 Å². The molecule has 6 rings (SSSR count). The number of alkyl halides is 3. The SMILES string of the molecule is NC(=O)c1cccc2ccccc12.O=C(NC(CO)c1ccccn1)c1ccc2c(Oc3ccc(C(F)(F)F)cc3)cccc2c1. The number of rotatable bonds is 7. The van der Waals surface area contributed by atoms with Crippen molar-refractivity contribution in [2.75, 3.05) is 6.61 Å². The summed E-state index contributed by atoms with van der Waals surface area (Å²) in [6.45, 7) is -0.304. The second-order valence-corrected chi connectivity index (χ2v) is 10.2. The van der Waals surface area contributed by atoms with Crippen LogP contribution >= 0.6 is 0 Å². The van der Waals surface area contributed by atoms with Crippen LogP contribution in [0.4, 0.5) is 13.2 Å². The standard InChI is InChI=1S/C25H19F3N2O3.C11H9NO/c26-25(27,28)18-8-10-19(11-9-18)33-23-6-3-4-16-14-17(7-12-20(16)23)24(32)30-22(15-31)21-5-1-2-13-29-21;12-11(13)10-7-3-5-8-4-1-2-6-9(8)10/h1-14,22,31H,15H2,(H,30,32);1-7H,(H2,12,13). The molecule has 6 aromatic rings. The second-order valence-electron chi connectivity index (χ2n) is 10.2. The Labute approximate surface area is 262 Å². The van der Waals surface area contributed by atoms with Crippen LogP contribution in [-0.2, 0) is 6.18 Å². The molecule has 0 fully saturated rings. The summed E-state index contributed by atoms with van der Waals surface area (Å²) in [5.41, 5.74) is 5.99. The predicted molar refractivity (Wildman–Crippen MR) is 169 cm³/mol. The second kappa shape index (κ2) is 13.9. The fourth-order valence-electron chi connectivity index (χ4n) is 4.80. The highest BCUT2D eigenvalue weighted by atomic mass is 19.4. The molecule has 46 heavy (non-hydrogen) atoms. The third kappa shape index (κ3) is 7.48. The van der Waals surface area contributed by atoms with Gasteiger partial charge < -0.3 is 20.9 Å². The summed E-state index contributed by atoms with van der Waals surface area (Å²) in [5.74, 6) is -0.0492. The van der Waals surface area contributed by atoms with Crippen molar-refractivity contribution in [1.29, 1.82) is 0 Å². The van der Waals surface area contributed by atoms with Gasteiger partial charge in [0.1, 0.15) is 11.5 Å². The topological polar surface area (TPSA) is 115 Å². The number of aliphatic hydroxyl groups is 1. The van der Waals surface area contributed by atoms with Crippen molar-refractivity contribution in [2.45, 2.75) is 12.2 Å². The van der Waals surface area contributed by atoms with Crippen LogP contribution in [0.5, 0.6) is 11.5 Å². The van der Waals surface area contributed by atoms with Gasteiger partial charge in [-0.25, -0.2) is 0 Å². The van der Waals surface area contributed by atoms with Gasteiger partial charge in [0.15, 0.2) is 0 Å². The van der Waals surface area contributed by atoms with Gasteiger partial charge in [0.25, 0.3) is 5.91 Å². The average Bonchev–Trinajstić information content (AvgIpc) is 3.07. The molecule has 0 aliphatic carbocycles. The van der Waals surface area contributed by atoms with E-state index < -0.39 is 17.8 Å². The van der Waals surface area contributed by atoms with Crippen LogP contribution in [0, 0.1) is 0 Å². The number of nitrogens with one attached hydrogen (secondary N) is 1. The Bertz CT molecular complexity index is 1980. The van der Waals surface area contributed by atoms with Gasteiger partial charge in [-0.2, -0.15) is 13.2 Å². The van der Waals surface area contributed by atoms with Gasteiger partial charge >= 0.3 is 6.18 Å². The first-order chi connectivity index (χ1) is 22.1. The summed E-state index contributed by atoms with van der Waals surface area (Å²) in [6.07, 6.45) is -2.83. The van der Waals surface area contributed by atoms with E-state index in [4.69, 9.17) is 10.5 Å². The lowest BCUT2D eigenvalue weighted by atomic mass is 10.0. The Morgan fingerprint density at radius 2 is 1.50 bits per heavy atom. The molecule has 10 heteroatoms. The number of hydrogen-bond acceptors (Lipinski definition) is 5. The van der Waals surface area contributed by atoms with Crippen molar-refractivity contribution in [3.63, 3.8) is 0 Å². The molecule has 1 heterocycles. The molecule has 0 saturated carbocycles. The molecule has 2 amide bonds. The molecule has 1 aromatic heterocycles. The minimum atomic E-state index is -4.42. The van der Waals surface area contributed by atoms with Gasteiger partial charge in [-0.3, -0.25) is 14.6 Å². The predicted octanol–water partition coefficient (Wildman–Crippen LogP) is 7.45. The summed E-state index contributed by atoms with van der Waals surface area (Å²) < 4.78 is 44.1. The Balaban J connectivity index is 0.000000266. The van der Waals surface area contributed by atoms with Gasteiger partial charge in [-0.1, -0.05) is 54.6 Å². The number of primary amides is 1. The molecule has 5 aromatic carbocycles. The number of nitrogens with two attached hydrogens (primary N) is 1. The summed E-state index contributed by atoms with van der Waals surface area (Å²) in [6, 6.07) is 32.5. The summed E-state index contributed by atoms with van der Waals surface area (Å²) in [4.78, 5) is 27.9. The fourth-order valence-corrected chi connectivity index (χ4v) is 4.80. The van der Waals surface area contributed by atoms with Crippen molar-refractivity contribution in [2.24, 2.45) is 5.73 Å². The zero-order valence-electron chi connectivity index (χ0n) is 24.2. The van der Waals surface area contributed by atoms with Crippen molar-refractivity contribution in [1.82, 2.24) is 10.3 Å². The molecule has 1 atom stereocenters. The number of ether oxygens (including phenoxy) is 1. The van der Waals surface area contributed by atoms with Gasteiger partial charge in [0, 0.05) is 22.7 Å². The normalized spacial score (nSPS) is 11.7. The van der Waals surface area contributed by atoms with Crippen molar-refractivity contribution < 1.29 is 32.6 Å². The molecule has 0 saturated heterocycles. The van der Waals surface area contributed by atoms with Crippen molar-refractivity contribution in [3.8, 4) is 11.5 Å². The van der Waals surface area contributed by atoms with Crippen LogP contribution in [0.25, 0.3) is 21.5 Å². The number of halogens is 3. The van der Waals surface area contributed by atoms with Gasteiger partial charge in [-0.15, -0.1) is 0 Å². The summed E-state index contributed by atoms with van der Waals surface area (Å²) in [5, 5.41) is 15.8. The molecule has 232 valence electrons. The Hall–Kier alpha value is -5.74. The number of aliphatic hydroxyl groups excluding tert-OH is 1. The smallest absolute Gasteiger partial charge is 0.416 e. The first-order valence-corrected chi connectivity index (χ1v) is 14.1. The van der Waals surface area contributed by atoms with E-state index in [1.165, 1.54) is 12.1 Å². The van der Waals surface area contributed by atoms with E-state index in [0.29, 0.717) is 33.3 Å². The Morgan fingerprint density at radius 3 is 2.20 bits per heavy atom. The maximum Gasteiger partial charge on any atom is 0.416 e. The van der Waals surface area contributed by atoms with Crippen LogP contribution in [0.15, 0.2) is 128 Å². The van der Waals surface area contributed by atoms with Crippen LogP contribution in [0.1, 0.15) is 38.0 Å². The zero-order chi connectivity index (χ0) is 32.7. The molecular formula is C36H28F3N3O4. The molecule has 0 radical (unpaired) electrons. The molecule has 7 nitrogen and oxygen atoms in total. The lowest BCUT2D eigenvalue weighted by Gasteiger charge is -2.16. The highest BCUT2D eigenvalue weighted by molar-refractivity contribution is 6.06. The van der Waals surface area contributed by atoms with Gasteiger partial charge in [-0.05, 0) is 82.9 Å². The molecule has 0 bridgehead atoms.